The number of anilines is 2. The van der Waals surface area contributed by atoms with Gasteiger partial charge in [-0.1, -0.05) is 36.2 Å². The summed E-state index contributed by atoms with van der Waals surface area (Å²) in [5, 5.41) is 9.54. The molecule has 14 heteroatoms. The van der Waals surface area contributed by atoms with Crippen molar-refractivity contribution in [2.45, 2.75) is 51.7 Å². The van der Waals surface area contributed by atoms with Crippen molar-refractivity contribution in [1.82, 2.24) is 29.1 Å². The summed E-state index contributed by atoms with van der Waals surface area (Å²) in [6.45, 7) is 10.6. The molecule has 0 aliphatic carbocycles. The third-order valence-corrected chi connectivity index (χ3v) is 10.0. The molecule has 0 N–H and O–H groups in total. The molecule has 0 radical (unpaired) electrons. The number of nitrogens with zero attached hydrogens (tertiary/aromatic N) is 8. The minimum atomic E-state index is -1.16. The Morgan fingerprint density at radius 3 is 2.42 bits per heavy atom. The van der Waals surface area contributed by atoms with Crippen LogP contribution in [-0.4, -0.2) is 74.6 Å². The highest BCUT2D eigenvalue weighted by molar-refractivity contribution is 6.35. The van der Waals surface area contributed by atoms with Gasteiger partial charge >= 0.3 is 5.69 Å². The minimum absolute atomic E-state index is 0.0609. The second-order valence-electron chi connectivity index (χ2n) is 12.8. The highest BCUT2D eigenvalue weighted by atomic mass is 35.5. The van der Waals surface area contributed by atoms with Gasteiger partial charge in [-0.3, -0.25) is 0 Å². The third kappa shape index (κ3) is 6.98. The molecule has 12 nitrogen and oxygen atoms in total. The Bertz CT molecular complexity index is 1970. The van der Waals surface area contributed by atoms with Gasteiger partial charge in [0, 0.05) is 48.1 Å². The fourth-order valence-corrected chi connectivity index (χ4v) is 7.10. The van der Waals surface area contributed by atoms with Crippen LogP contribution in [0.5, 0.6) is 5.75 Å². The molecule has 0 bridgehead atoms. The molecule has 50 heavy (non-hydrogen) atoms. The van der Waals surface area contributed by atoms with Crippen LogP contribution in [0.1, 0.15) is 37.4 Å². The van der Waals surface area contributed by atoms with E-state index in [1.807, 2.05) is 31.2 Å². The van der Waals surface area contributed by atoms with Crippen LogP contribution < -0.4 is 20.2 Å². The molecule has 2 saturated heterocycles. The Balaban J connectivity index is 0.939. The molecule has 0 saturated carbocycles. The van der Waals surface area contributed by atoms with E-state index in [1.54, 1.807) is 38.7 Å². The number of rotatable bonds is 11. The van der Waals surface area contributed by atoms with Crippen molar-refractivity contribution < 1.29 is 14.2 Å². The lowest BCUT2D eigenvalue weighted by Gasteiger charge is -2.38. The number of hydrogen-bond acceptors (Lipinski definition) is 9. The number of ether oxygens (including phenoxy) is 3. The zero-order valence-corrected chi connectivity index (χ0v) is 29.8. The molecular weight excluding hydrogens is 679 g/mol. The molecule has 2 aromatic heterocycles. The molecule has 0 amide bonds. The molecule has 2 aliphatic heterocycles. The van der Waals surface area contributed by atoms with Gasteiger partial charge in [0.2, 0.25) is 5.79 Å². The normalized spacial score (nSPS) is 20.0. The summed E-state index contributed by atoms with van der Waals surface area (Å²) in [7, 11) is 0. The van der Waals surface area contributed by atoms with Crippen LogP contribution in [0, 0.1) is 6.92 Å². The van der Waals surface area contributed by atoms with Crippen molar-refractivity contribution in [3.63, 3.8) is 0 Å². The Morgan fingerprint density at radius 1 is 0.960 bits per heavy atom. The highest BCUT2D eigenvalue weighted by Gasteiger charge is 2.45. The number of halogens is 2. The predicted molar refractivity (Wildman–Crippen MR) is 193 cm³/mol. The van der Waals surface area contributed by atoms with Gasteiger partial charge in [-0.2, -0.15) is 10.2 Å². The second kappa shape index (κ2) is 14.5. The van der Waals surface area contributed by atoms with Crippen LogP contribution in [0.15, 0.2) is 84.4 Å². The van der Waals surface area contributed by atoms with Gasteiger partial charge in [-0.05, 0) is 80.4 Å². The van der Waals surface area contributed by atoms with Gasteiger partial charge in [0.25, 0.3) is 0 Å². The van der Waals surface area contributed by atoms with Crippen LogP contribution in [0.4, 0.5) is 11.4 Å². The summed E-state index contributed by atoms with van der Waals surface area (Å²) in [6.07, 6.45) is 5.20. The van der Waals surface area contributed by atoms with Crippen LogP contribution in [0.3, 0.4) is 0 Å². The van der Waals surface area contributed by atoms with E-state index < -0.39 is 5.79 Å². The SMILES string of the molecule is CCC(C)n1ncn(-c2ccc(N3CCN(c4ccc(OCC5CO[C@](Cn6cncn6)(c6ccc(Cl)cc6Cl)O5)cc4)CC3)c(C)c2)c1=O. The Morgan fingerprint density at radius 2 is 1.72 bits per heavy atom. The lowest BCUT2D eigenvalue weighted by molar-refractivity contribution is -0.190. The van der Waals surface area contributed by atoms with E-state index in [0.717, 1.165) is 55.3 Å². The fourth-order valence-electron chi connectivity index (χ4n) is 6.54. The largest absolute Gasteiger partial charge is 0.491 e. The molecule has 7 rings (SSSR count). The van der Waals surface area contributed by atoms with Crippen LogP contribution in [-0.2, 0) is 21.8 Å². The van der Waals surface area contributed by atoms with Crippen LogP contribution in [0.25, 0.3) is 5.69 Å². The van der Waals surface area contributed by atoms with E-state index in [2.05, 4.69) is 63.1 Å². The summed E-state index contributed by atoms with van der Waals surface area (Å²) in [5.41, 5.74) is 4.84. The maximum absolute atomic E-state index is 12.9. The van der Waals surface area contributed by atoms with Crippen LogP contribution in [0.2, 0.25) is 10.0 Å². The van der Waals surface area contributed by atoms with Crippen molar-refractivity contribution in [2.75, 3.05) is 49.2 Å². The minimum Gasteiger partial charge on any atom is -0.491 e. The summed E-state index contributed by atoms with van der Waals surface area (Å²) < 4.78 is 23.7. The van der Waals surface area contributed by atoms with Crippen LogP contribution >= 0.6 is 23.2 Å². The summed E-state index contributed by atoms with van der Waals surface area (Å²) in [6, 6.07) is 19.7. The molecule has 5 aromatic rings. The standard InChI is InChI=1S/C36H40Cl2N8O4/c1-4-26(3)46-35(47)45(24-41-46)29-8-12-34(25(2)17-29)43-15-13-42(14-16-43)28-6-9-30(10-7-28)48-19-31-20-49-36(50-31,21-44-23-39-22-40-44)32-11-5-27(37)18-33(32)38/h5-12,17-18,22-24,26,31H,4,13-16,19-21H2,1-3H3/t26?,31?,36-/m0/s1. The number of aryl methyl sites for hydroxylation is 1. The number of piperazine rings is 1. The highest BCUT2D eigenvalue weighted by Crippen LogP contribution is 2.40. The van der Waals surface area contributed by atoms with E-state index in [0.29, 0.717) is 28.8 Å². The first-order valence-electron chi connectivity index (χ1n) is 16.8. The number of benzene rings is 3. The monoisotopic (exact) mass is 718 g/mol. The Kier molecular flexibility index (Phi) is 9.87. The van der Waals surface area contributed by atoms with E-state index in [9.17, 15) is 4.79 Å². The lowest BCUT2D eigenvalue weighted by atomic mass is 10.1. The second-order valence-corrected chi connectivity index (χ2v) is 13.6. The van der Waals surface area contributed by atoms with Crippen molar-refractivity contribution in [3.05, 3.63) is 111 Å². The van der Waals surface area contributed by atoms with Gasteiger partial charge in [0.1, 0.15) is 44.0 Å². The van der Waals surface area contributed by atoms with Gasteiger partial charge in [-0.25, -0.2) is 23.7 Å². The topological polar surface area (TPSA) is 105 Å². The van der Waals surface area contributed by atoms with Gasteiger partial charge in [-0.15, -0.1) is 0 Å². The maximum atomic E-state index is 12.9. The maximum Gasteiger partial charge on any atom is 0.350 e. The molecule has 262 valence electrons. The van der Waals surface area contributed by atoms with E-state index in [1.165, 1.54) is 12.0 Å². The van der Waals surface area contributed by atoms with Crippen molar-refractivity contribution >= 4 is 34.6 Å². The van der Waals surface area contributed by atoms with Gasteiger partial charge in [0.15, 0.2) is 0 Å². The summed E-state index contributed by atoms with van der Waals surface area (Å²) >= 11 is 12.8. The van der Waals surface area contributed by atoms with E-state index in [4.69, 9.17) is 37.4 Å². The third-order valence-electron chi connectivity index (χ3n) is 9.46. The van der Waals surface area contributed by atoms with Gasteiger partial charge in [0.05, 0.1) is 23.4 Å². The molecular formula is C36H40Cl2N8O4. The van der Waals surface area contributed by atoms with E-state index in [-0.39, 0.29) is 24.4 Å². The molecule has 2 aliphatic rings. The average molecular weight is 720 g/mol. The van der Waals surface area contributed by atoms with Crippen molar-refractivity contribution in [1.29, 1.82) is 0 Å². The van der Waals surface area contributed by atoms with Crippen molar-refractivity contribution in [2.24, 2.45) is 0 Å². The fraction of sp³-hybridized carbons (Fsp3) is 0.389. The summed E-state index contributed by atoms with van der Waals surface area (Å²) in [4.78, 5) is 21.8. The Hall–Kier alpha value is -4.36. The molecule has 0 spiro atoms. The first-order valence-corrected chi connectivity index (χ1v) is 17.6. The lowest BCUT2D eigenvalue weighted by Crippen LogP contribution is -2.46. The quantitative estimate of drug-likeness (QED) is 0.166. The smallest absolute Gasteiger partial charge is 0.350 e. The van der Waals surface area contributed by atoms with E-state index >= 15 is 0 Å². The summed E-state index contributed by atoms with van der Waals surface area (Å²) in [5.74, 6) is -0.411. The molecule has 2 unspecified atom stereocenters. The first-order chi connectivity index (χ1) is 24.2. The predicted octanol–water partition coefficient (Wildman–Crippen LogP) is 5.89. The zero-order valence-electron chi connectivity index (χ0n) is 28.3. The first kappa shape index (κ1) is 34.1. The molecule has 4 heterocycles. The molecule has 2 fully saturated rings. The zero-order chi connectivity index (χ0) is 34.8. The van der Waals surface area contributed by atoms with Gasteiger partial charge < -0.3 is 24.0 Å². The molecule has 3 atom stereocenters. The average Bonchev–Trinajstić information content (AvgIpc) is 3.88. The van der Waals surface area contributed by atoms with Crippen molar-refractivity contribution in [3.8, 4) is 11.4 Å². The number of hydrogen-bond donors (Lipinski definition) is 0. The Labute approximate surface area is 300 Å². The number of aromatic nitrogens is 6. The molecule has 3 aromatic carbocycles.